The van der Waals surface area contributed by atoms with Crippen molar-refractivity contribution in [2.45, 2.75) is 16.5 Å². The Balaban J connectivity index is 1.99. The summed E-state index contributed by atoms with van der Waals surface area (Å²) in [6.07, 6.45) is -0.0343. The van der Waals surface area contributed by atoms with E-state index < -0.39 is 5.97 Å². The number of carboxylic acid groups (broad SMARTS) is 1. The third-order valence-corrected chi connectivity index (χ3v) is 4.81. The summed E-state index contributed by atoms with van der Waals surface area (Å²) < 4.78 is 11.3. The lowest BCUT2D eigenvalue weighted by atomic mass is 10.2. The Morgan fingerprint density at radius 2 is 2.10 bits per heavy atom. The fourth-order valence-electron chi connectivity index (χ4n) is 1.71. The van der Waals surface area contributed by atoms with E-state index in [1.54, 1.807) is 31.4 Å². The molecule has 1 aromatic carbocycles. The number of aromatic nitrogens is 1. The van der Waals surface area contributed by atoms with Gasteiger partial charge in [0, 0.05) is 11.1 Å². The highest BCUT2D eigenvalue weighted by Crippen LogP contribution is 2.31. The van der Waals surface area contributed by atoms with Crippen LogP contribution in [-0.2, 0) is 17.0 Å². The summed E-state index contributed by atoms with van der Waals surface area (Å²) in [4.78, 5) is 14.9. The highest BCUT2D eigenvalue weighted by molar-refractivity contribution is 8.00. The molecule has 21 heavy (non-hydrogen) atoms. The van der Waals surface area contributed by atoms with Crippen LogP contribution >= 0.6 is 23.1 Å². The van der Waals surface area contributed by atoms with Crippen molar-refractivity contribution in [3.8, 4) is 11.5 Å². The Bertz CT molecular complexity index is 627. The molecule has 0 saturated carbocycles. The predicted octanol–water partition coefficient (Wildman–Crippen LogP) is 3.08. The zero-order valence-corrected chi connectivity index (χ0v) is 13.3. The molecule has 112 valence electrons. The predicted molar refractivity (Wildman–Crippen MR) is 82.6 cm³/mol. The largest absolute Gasteiger partial charge is 0.493 e. The van der Waals surface area contributed by atoms with Crippen molar-refractivity contribution < 1.29 is 19.4 Å². The highest BCUT2D eigenvalue weighted by atomic mass is 32.2. The van der Waals surface area contributed by atoms with E-state index in [-0.39, 0.29) is 6.42 Å². The molecular weight excluding hydrogens is 310 g/mol. The van der Waals surface area contributed by atoms with Gasteiger partial charge in [0.2, 0.25) is 0 Å². The highest BCUT2D eigenvalue weighted by Gasteiger charge is 2.08. The topological polar surface area (TPSA) is 68.7 Å². The zero-order valence-electron chi connectivity index (χ0n) is 11.7. The van der Waals surface area contributed by atoms with Gasteiger partial charge in [0.15, 0.2) is 11.5 Å². The molecule has 0 spiro atoms. The quantitative estimate of drug-likeness (QED) is 0.789. The second-order valence-electron chi connectivity index (χ2n) is 4.15. The van der Waals surface area contributed by atoms with Crippen molar-refractivity contribution in [2.24, 2.45) is 0 Å². The molecule has 7 heteroatoms. The van der Waals surface area contributed by atoms with Crippen LogP contribution in [0.2, 0.25) is 0 Å². The molecule has 1 N–H and O–H groups in total. The van der Waals surface area contributed by atoms with Crippen molar-refractivity contribution in [2.75, 3.05) is 14.2 Å². The van der Waals surface area contributed by atoms with Gasteiger partial charge < -0.3 is 14.6 Å². The van der Waals surface area contributed by atoms with Gasteiger partial charge in [0.25, 0.3) is 0 Å². The summed E-state index contributed by atoms with van der Waals surface area (Å²) >= 11 is 3.03. The molecule has 0 radical (unpaired) electrons. The molecule has 0 atom stereocenters. The van der Waals surface area contributed by atoms with E-state index in [2.05, 4.69) is 4.98 Å². The van der Waals surface area contributed by atoms with Crippen molar-refractivity contribution in [3.63, 3.8) is 0 Å². The number of thioether (sulfide) groups is 1. The van der Waals surface area contributed by atoms with Crippen LogP contribution < -0.4 is 9.47 Å². The number of hydrogen-bond donors (Lipinski definition) is 1. The maximum atomic E-state index is 10.6. The van der Waals surface area contributed by atoms with Crippen LogP contribution in [0.4, 0.5) is 0 Å². The van der Waals surface area contributed by atoms with Crippen LogP contribution in [0.1, 0.15) is 11.3 Å². The van der Waals surface area contributed by atoms with Crippen molar-refractivity contribution in [3.05, 3.63) is 34.8 Å². The Kier molecular flexibility index (Phi) is 5.46. The molecule has 1 heterocycles. The van der Waals surface area contributed by atoms with E-state index in [4.69, 9.17) is 14.6 Å². The van der Waals surface area contributed by atoms with Crippen molar-refractivity contribution in [1.82, 2.24) is 4.98 Å². The normalized spacial score (nSPS) is 10.4. The summed E-state index contributed by atoms with van der Waals surface area (Å²) in [5, 5.41) is 10.5. The summed E-state index contributed by atoms with van der Waals surface area (Å²) in [6.45, 7) is 0. The average molecular weight is 325 g/mol. The van der Waals surface area contributed by atoms with Gasteiger partial charge in [-0.05, 0) is 17.7 Å². The molecule has 0 aliphatic rings. The van der Waals surface area contributed by atoms with Gasteiger partial charge >= 0.3 is 5.97 Å². The van der Waals surface area contributed by atoms with Gasteiger partial charge in [-0.15, -0.1) is 11.3 Å². The molecular formula is C14H15NO4S2. The summed E-state index contributed by atoms with van der Waals surface area (Å²) in [5.74, 6) is 1.27. The molecule has 0 amide bonds. The number of thiazole rings is 1. The van der Waals surface area contributed by atoms with E-state index in [0.29, 0.717) is 17.2 Å². The van der Waals surface area contributed by atoms with Crippen LogP contribution in [-0.4, -0.2) is 30.3 Å². The average Bonchev–Trinajstić information content (AvgIpc) is 2.91. The molecule has 0 bridgehead atoms. The van der Waals surface area contributed by atoms with Gasteiger partial charge in [-0.3, -0.25) is 4.79 Å². The van der Waals surface area contributed by atoms with Crippen LogP contribution in [0.25, 0.3) is 0 Å². The third-order valence-electron chi connectivity index (χ3n) is 2.67. The van der Waals surface area contributed by atoms with Gasteiger partial charge in [-0.25, -0.2) is 4.98 Å². The molecule has 1 aromatic heterocycles. The first-order valence-electron chi connectivity index (χ1n) is 6.12. The van der Waals surface area contributed by atoms with Gasteiger partial charge in [-0.1, -0.05) is 17.8 Å². The van der Waals surface area contributed by atoms with E-state index in [9.17, 15) is 4.79 Å². The van der Waals surface area contributed by atoms with Crippen LogP contribution in [0.15, 0.2) is 27.9 Å². The van der Waals surface area contributed by atoms with Crippen LogP contribution in [0, 0.1) is 0 Å². The standard InChI is InChI=1S/C14H15NO4S2/c1-18-11-4-3-9(5-12(11)19-2)7-20-14-15-10(8-21-14)6-13(16)17/h3-5,8H,6-7H2,1-2H3,(H,16,17). The number of carboxylic acids is 1. The number of benzene rings is 1. The first kappa shape index (κ1) is 15.7. The fraction of sp³-hybridized carbons (Fsp3) is 0.286. The van der Waals surface area contributed by atoms with Crippen molar-refractivity contribution in [1.29, 1.82) is 0 Å². The fourth-order valence-corrected chi connectivity index (χ4v) is 3.49. The molecule has 2 rings (SSSR count). The Morgan fingerprint density at radius 1 is 1.33 bits per heavy atom. The lowest BCUT2D eigenvalue weighted by molar-refractivity contribution is -0.136. The molecule has 0 unspecified atom stereocenters. The minimum absolute atomic E-state index is 0.0343. The molecule has 2 aromatic rings. The Morgan fingerprint density at radius 3 is 2.76 bits per heavy atom. The van der Waals surface area contributed by atoms with Gasteiger partial charge in [0.1, 0.15) is 4.34 Å². The van der Waals surface area contributed by atoms with Gasteiger partial charge in [0.05, 0.1) is 26.3 Å². The third kappa shape index (κ3) is 4.37. The van der Waals surface area contributed by atoms with E-state index in [1.807, 2.05) is 18.2 Å². The second kappa shape index (κ2) is 7.33. The summed E-state index contributed by atoms with van der Waals surface area (Å²) in [6, 6.07) is 5.77. The Hall–Kier alpha value is -1.73. The van der Waals surface area contributed by atoms with Gasteiger partial charge in [-0.2, -0.15) is 0 Å². The molecule has 0 aliphatic carbocycles. The van der Waals surface area contributed by atoms with E-state index >= 15 is 0 Å². The van der Waals surface area contributed by atoms with E-state index in [0.717, 1.165) is 15.7 Å². The number of carbonyl (C=O) groups is 1. The minimum atomic E-state index is -0.864. The number of rotatable bonds is 7. The number of hydrogen-bond acceptors (Lipinski definition) is 6. The monoisotopic (exact) mass is 325 g/mol. The molecule has 0 fully saturated rings. The number of methoxy groups -OCH3 is 2. The number of aliphatic carboxylic acids is 1. The maximum absolute atomic E-state index is 10.6. The smallest absolute Gasteiger partial charge is 0.309 e. The SMILES string of the molecule is COc1ccc(CSc2nc(CC(=O)O)cs2)cc1OC. The summed E-state index contributed by atoms with van der Waals surface area (Å²) in [7, 11) is 3.21. The first-order valence-corrected chi connectivity index (χ1v) is 7.98. The summed E-state index contributed by atoms with van der Waals surface area (Å²) in [5.41, 5.74) is 1.69. The number of ether oxygens (including phenoxy) is 2. The van der Waals surface area contributed by atoms with E-state index in [1.165, 1.54) is 11.3 Å². The lowest BCUT2D eigenvalue weighted by Crippen LogP contribution is -1.99. The molecule has 5 nitrogen and oxygen atoms in total. The first-order chi connectivity index (χ1) is 10.1. The van der Waals surface area contributed by atoms with Crippen molar-refractivity contribution >= 4 is 29.1 Å². The number of nitrogens with zero attached hydrogens (tertiary/aromatic N) is 1. The van der Waals surface area contributed by atoms with Crippen LogP contribution in [0.3, 0.4) is 0 Å². The zero-order chi connectivity index (χ0) is 15.2. The minimum Gasteiger partial charge on any atom is -0.493 e. The lowest BCUT2D eigenvalue weighted by Gasteiger charge is -2.08. The van der Waals surface area contributed by atoms with Crippen LogP contribution in [0.5, 0.6) is 11.5 Å². The molecule has 0 saturated heterocycles. The Labute approximate surface area is 130 Å². The maximum Gasteiger partial charge on any atom is 0.309 e. The molecule has 0 aliphatic heterocycles. The second-order valence-corrected chi connectivity index (χ2v) is 6.23.